The molecule has 0 aromatic rings. The second-order valence-electron chi connectivity index (χ2n) is 2.63. The molecule has 0 bridgehead atoms. The first-order valence-electron chi connectivity index (χ1n) is 4.54. The molecule has 82 valence electrons. The number of hydrazine groups is 1. The summed E-state index contributed by atoms with van der Waals surface area (Å²) in [6, 6.07) is 0. The molecule has 0 fully saturated rings. The fourth-order valence-corrected chi connectivity index (χ4v) is 1.51. The highest BCUT2D eigenvalue weighted by atomic mass is 32.2. The van der Waals surface area contributed by atoms with Gasteiger partial charge in [0.2, 0.25) is 11.8 Å². The van der Waals surface area contributed by atoms with Crippen LogP contribution >= 0.6 is 11.8 Å². The van der Waals surface area contributed by atoms with Crippen molar-refractivity contribution in [2.75, 3.05) is 18.1 Å². The third-order valence-electron chi connectivity index (χ3n) is 1.52. The van der Waals surface area contributed by atoms with Gasteiger partial charge in [0.1, 0.15) is 0 Å². The fraction of sp³-hybridized carbons (Fsp3) is 0.750. The van der Waals surface area contributed by atoms with Crippen LogP contribution in [0.25, 0.3) is 0 Å². The molecule has 0 heterocycles. The molecular weight excluding hydrogens is 202 g/mol. The van der Waals surface area contributed by atoms with Crippen molar-refractivity contribution in [1.82, 2.24) is 10.7 Å². The molecule has 0 saturated carbocycles. The molecule has 0 aliphatic heterocycles. The number of thioether (sulfide) groups is 1. The molecule has 2 amide bonds. The Kier molecular flexibility index (Phi) is 8.36. The zero-order chi connectivity index (χ0) is 10.8. The summed E-state index contributed by atoms with van der Waals surface area (Å²) < 4.78 is 0. The summed E-state index contributed by atoms with van der Waals surface area (Å²) in [5.41, 5.74) is 2.06. The molecule has 0 unspecified atom stereocenters. The third-order valence-corrected chi connectivity index (χ3v) is 2.51. The van der Waals surface area contributed by atoms with Gasteiger partial charge in [0.25, 0.3) is 0 Å². The van der Waals surface area contributed by atoms with Crippen molar-refractivity contribution >= 4 is 23.6 Å². The number of nitrogens with one attached hydrogen (secondary N) is 2. The number of nitrogens with two attached hydrogens (primary N) is 1. The SMILES string of the molecule is CCC(=O)NCCSCCC(=O)NN. The van der Waals surface area contributed by atoms with Crippen molar-refractivity contribution in [3.63, 3.8) is 0 Å². The molecule has 0 aromatic heterocycles. The normalized spacial score (nSPS) is 9.57. The zero-order valence-corrected chi connectivity index (χ0v) is 9.15. The Bertz CT molecular complexity index is 167. The van der Waals surface area contributed by atoms with E-state index in [9.17, 15) is 9.59 Å². The standard InChI is InChI=1S/C8H17N3O2S/c1-2-7(12)10-4-6-14-5-3-8(13)11-9/h2-6,9H2,1H3,(H,10,12)(H,11,13). The summed E-state index contributed by atoms with van der Waals surface area (Å²) in [4.78, 5) is 21.5. The maximum atomic E-state index is 10.8. The maximum absolute atomic E-state index is 10.8. The number of carbonyl (C=O) groups is 2. The van der Waals surface area contributed by atoms with Crippen molar-refractivity contribution < 1.29 is 9.59 Å². The average Bonchev–Trinajstić information content (AvgIpc) is 2.22. The Morgan fingerprint density at radius 2 is 2.00 bits per heavy atom. The molecule has 4 N–H and O–H groups in total. The first-order chi connectivity index (χ1) is 6.70. The lowest BCUT2D eigenvalue weighted by atomic mass is 10.4. The van der Waals surface area contributed by atoms with Crippen LogP contribution in [0.5, 0.6) is 0 Å². The van der Waals surface area contributed by atoms with Crippen LogP contribution in [0.1, 0.15) is 19.8 Å². The molecule has 0 aliphatic rings. The number of hydrogen-bond donors (Lipinski definition) is 3. The van der Waals surface area contributed by atoms with Gasteiger partial charge < -0.3 is 5.32 Å². The van der Waals surface area contributed by atoms with Crippen LogP contribution in [0.2, 0.25) is 0 Å². The molecule has 0 spiro atoms. The molecule has 0 saturated heterocycles. The van der Waals surface area contributed by atoms with Gasteiger partial charge in [-0.1, -0.05) is 6.92 Å². The van der Waals surface area contributed by atoms with E-state index in [1.165, 1.54) is 0 Å². The van der Waals surface area contributed by atoms with Crippen molar-refractivity contribution in [2.45, 2.75) is 19.8 Å². The maximum Gasteiger partial charge on any atom is 0.234 e. The Balaban J connectivity index is 3.14. The van der Waals surface area contributed by atoms with Crippen LogP contribution < -0.4 is 16.6 Å². The minimum Gasteiger partial charge on any atom is -0.355 e. The average molecular weight is 219 g/mol. The quantitative estimate of drug-likeness (QED) is 0.236. The van der Waals surface area contributed by atoms with Gasteiger partial charge >= 0.3 is 0 Å². The van der Waals surface area contributed by atoms with Crippen molar-refractivity contribution in [3.05, 3.63) is 0 Å². The van der Waals surface area contributed by atoms with Gasteiger partial charge in [-0.2, -0.15) is 11.8 Å². The first-order valence-corrected chi connectivity index (χ1v) is 5.70. The van der Waals surface area contributed by atoms with E-state index in [1.54, 1.807) is 11.8 Å². The van der Waals surface area contributed by atoms with E-state index < -0.39 is 0 Å². The minimum atomic E-state index is -0.157. The Morgan fingerprint density at radius 3 is 2.57 bits per heavy atom. The van der Waals surface area contributed by atoms with Gasteiger partial charge in [-0.3, -0.25) is 15.0 Å². The second-order valence-corrected chi connectivity index (χ2v) is 3.86. The molecule has 0 radical (unpaired) electrons. The van der Waals surface area contributed by atoms with E-state index >= 15 is 0 Å². The van der Waals surface area contributed by atoms with E-state index in [4.69, 9.17) is 5.84 Å². The number of hydrogen-bond acceptors (Lipinski definition) is 4. The molecule has 0 aromatic carbocycles. The number of rotatable bonds is 7. The molecular formula is C8H17N3O2S. The molecule has 6 heteroatoms. The Labute approximate surface area is 88.1 Å². The fourth-order valence-electron chi connectivity index (χ4n) is 0.727. The van der Waals surface area contributed by atoms with Gasteiger partial charge in [0, 0.05) is 30.9 Å². The first kappa shape index (κ1) is 13.2. The van der Waals surface area contributed by atoms with E-state index in [0.29, 0.717) is 19.4 Å². The third kappa shape index (κ3) is 7.88. The molecule has 0 atom stereocenters. The molecule has 14 heavy (non-hydrogen) atoms. The van der Waals surface area contributed by atoms with E-state index in [0.717, 1.165) is 11.5 Å². The minimum absolute atomic E-state index is 0.0605. The lowest BCUT2D eigenvalue weighted by Gasteiger charge is -2.03. The van der Waals surface area contributed by atoms with Crippen LogP contribution in [0.15, 0.2) is 0 Å². The predicted octanol–water partition coefficient (Wildman–Crippen LogP) is -0.374. The zero-order valence-electron chi connectivity index (χ0n) is 8.34. The molecule has 5 nitrogen and oxygen atoms in total. The number of carbonyl (C=O) groups excluding carboxylic acids is 2. The second kappa shape index (κ2) is 8.83. The topological polar surface area (TPSA) is 84.2 Å². The van der Waals surface area contributed by atoms with Gasteiger partial charge in [-0.15, -0.1) is 0 Å². The van der Waals surface area contributed by atoms with Gasteiger partial charge in [0.05, 0.1) is 0 Å². The Morgan fingerprint density at radius 1 is 1.29 bits per heavy atom. The summed E-state index contributed by atoms with van der Waals surface area (Å²) in [5.74, 6) is 6.36. The summed E-state index contributed by atoms with van der Waals surface area (Å²) >= 11 is 1.62. The van der Waals surface area contributed by atoms with Gasteiger partial charge in [-0.05, 0) is 0 Å². The lowest BCUT2D eigenvalue weighted by Crippen LogP contribution is -2.30. The van der Waals surface area contributed by atoms with Crippen molar-refractivity contribution in [3.8, 4) is 0 Å². The van der Waals surface area contributed by atoms with E-state index in [-0.39, 0.29) is 11.8 Å². The molecule has 0 aliphatic carbocycles. The largest absolute Gasteiger partial charge is 0.355 e. The summed E-state index contributed by atoms with van der Waals surface area (Å²) in [6.45, 7) is 2.47. The van der Waals surface area contributed by atoms with Crippen LogP contribution in [-0.4, -0.2) is 29.9 Å². The van der Waals surface area contributed by atoms with Crippen LogP contribution in [0, 0.1) is 0 Å². The Hall–Kier alpha value is -0.750. The van der Waals surface area contributed by atoms with Gasteiger partial charge in [0.15, 0.2) is 0 Å². The highest BCUT2D eigenvalue weighted by Crippen LogP contribution is 2.00. The summed E-state index contributed by atoms with van der Waals surface area (Å²) in [6.07, 6.45) is 0.934. The highest BCUT2D eigenvalue weighted by molar-refractivity contribution is 7.99. The smallest absolute Gasteiger partial charge is 0.234 e. The molecule has 0 rings (SSSR count). The monoisotopic (exact) mass is 219 g/mol. The lowest BCUT2D eigenvalue weighted by molar-refractivity contribution is -0.121. The number of amides is 2. The summed E-state index contributed by atoms with van der Waals surface area (Å²) in [7, 11) is 0. The van der Waals surface area contributed by atoms with Crippen molar-refractivity contribution in [2.24, 2.45) is 5.84 Å². The van der Waals surface area contributed by atoms with E-state index in [2.05, 4.69) is 10.7 Å². The van der Waals surface area contributed by atoms with Crippen molar-refractivity contribution in [1.29, 1.82) is 0 Å². The predicted molar refractivity (Wildman–Crippen MR) is 57.6 cm³/mol. The highest BCUT2D eigenvalue weighted by Gasteiger charge is 1.98. The van der Waals surface area contributed by atoms with Gasteiger partial charge in [-0.25, -0.2) is 5.84 Å². The van der Waals surface area contributed by atoms with Crippen LogP contribution in [0.3, 0.4) is 0 Å². The van der Waals surface area contributed by atoms with E-state index in [1.807, 2.05) is 6.92 Å². The summed E-state index contributed by atoms with van der Waals surface area (Å²) in [5, 5.41) is 2.75. The van der Waals surface area contributed by atoms with Crippen LogP contribution in [0.4, 0.5) is 0 Å². The van der Waals surface area contributed by atoms with Crippen LogP contribution in [-0.2, 0) is 9.59 Å².